The average molecular weight is 399 g/mol. The summed E-state index contributed by atoms with van der Waals surface area (Å²) in [6.45, 7) is 0.147. The van der Waals surface area contributed by atoms with Crippen LogP contribution >= 0.6 is 0 Å². The number of nitrogens with zero attached hydrogens (tertiary/aromatic N) is 1. The zero-order valence-corrected chi connectivity index (χ0v) is 16.5. The number of methoxy groups -OCH3 is 1. The summed E-state index contributed by atoms with van der Waals surface area (Å²) in [5.74, 6) is 0.699. The third kappa shape index (κ3) is 3.82. The topological polar surface area (TPSA) is 55.8 Å². The minimum Gasteiger partial charge on any atom is -0.497 e. The number of ether oxygens (including phenoxy) is 2. The van der Waals surface area contributed by atoms with Crippen LogP contribution in [0.25, 0.3) is 6.08 Å². The Balaban J connectivity index is 1.72. The van der Waals surface area contributed by atoms with E-state index in [-0.39, 0.29) is 6.61 Å². The molecule has 4 rings (SSSR count). The SMILES string of the molecule is COc1ccc([C@@H]2C(C=O)=Cc3ccccc3N2C(=O)OCc2ccccc2)cc1. The van der Waals surface area contributed by atoms with E-state index in [1.165, 1.54) is 0 Å². The molecule has 0 aromatic heterocycles. The van der Waals surface area contributed by atoms with Gasteiger partial charge < -0.3 is 9.47 Å². The summed E-state index contributed by atoms with van der Waals surface area (Å²) in [6.07, 6.45) is 2.10. The fraction of sp³-hybridized carbons (Fsp3) is 0.120. The van der Waals surface area contributed by atoms with Gasteiger partial charge in [-0.3, -0.25) is 9.69 Å². The van der Waals surface area contributed by atoms with Gasteiger partial charge in [0.25, 0.3) is 0 Å². The number of rotatable bonds is 5. The van der Waals surface area contributed by atoms with Crippen molar-refractivity contribution in [3.63, 3.8) is 0 Å². The first-order valence-corrected chi connectivity index (χ1v) is 9.61. The average Bonchev–Trinajstić information content (AvgIpc) is 2.82. The van der Waals surface area contributed by atoms with Crippen LogP contribution in [0, 0.1) is 0 Å². The van der Waals surface area contributed by atoms with Crippen LogP contribution in [0.5, 0.6) is 5.75 Å². The highest BCUT2D eigenvalue weighted by Crippen LogP contribution is 2.41. The van der Waals surface area contributed by atoms with Gasteiger partial charge >= 0.3 is 6.09 Å². The van der Waals surface area contributed by atoms with E-state index in [0.717, 1.165) is 23.0 Å². The molecule has 0 spiro atoms. The molecule has 0 radical (unpaired) electrons. The highest BCUT2D eigenvalue weighted by molar-refractivity contribution is 6.00. The Morgan fingerprint density at radius 3 is 2.37 bits per heavy atom. The first-order chi connectivity index (χ1) is 14.7. The molecule has 0 aliphatic carbocycles. The first-order valence-electron chi connectivity index (χ1n) is 9.61. The molecule has 1 amide bonds. The van der Waals surface area contributed by atoms with Crippen molar-refractivity contribution in [1.82, 2.24) is 0 Å². The fourth-order valence-corrected chi connectivity index (χ4v) is 3.59. The number of carbonyl (C=O) groups is 2. The van der Waals surface area contributed by atoms with Crippen LogP contribution in [0.15, 0.2) is 84.4 Å². The smallest absolute Gasteiger partial charge is 0.415 e. The Morgan fingerprint density at radius 2 is 1.67 bits per heavy atom. The predicted octanol–water partition coefficient (Wildman–Crippen LogP) is 5.18. The van der Waals surface area contributed by atoms with Crippen molar-refractivity contribution in [3.05, 3.63) is 101 Å². The van der Waals surface area contributed by atoms with E-state index < -0.39 is 12.1 Å². The second-order valence-electron chi connectivity index (χ2n) is 6.91. The van der Waals surface area contributed by atoms with Gasteiger partial charge in [-0.15, -0.1) is 0 Å². The molecular weight excluding hydrogens is 378 g/mol. The lowest BCUT2D eigenvalue weighted by Crippen LogP contribution is -2.38. The summed E-state index contributed by atoms with van der Waals surface area (Å²) in [4.78, 5) is 26.7. The highest BCUT2D eigenvalue weighted by Gasteiger charge is 2.35. The second kappa shape index (κ2) is 8.66. The van der Waals surface area contributed by atoms with Crippen molar-refractivity contribution in [3.8, 4) is 5.75 Å². The second-order valence-corrected chi connectivity index (χ2v) is 6.91. The Labute approximate surface area is 175 Å². The molecule has 5 nitrogen and oxygen atoms in total. The molecule has 5 heteroatoms. The quantitative estimate of drug-likeness (QED) is 0.555. The van der Waals surface area contributed by atoms with Crippen molar-refractivity contribution in [2.45, 2.75) is 12.6 Å². The zero-order valence-electron chi connectivity index (χ0n) is 16.5. The Morgan fingerprint density at radius 1 is 0.967 bits per heavy atom. The number of benzene rings is 3. The van der Waals surface area contributed by atoms with Crippen molar-refractivity contribution in [2.24, 2.45) is 0 Å². The van der Waals surface area contributed by atoms with Crippen molar-refractivity contribution in [1.29, 1.82) is 0 Å². The van der Waals surface area contributed by atoms with Crippen LogP contribution in [0.1, 0.15) is 22.7 Å². The first kappa shape index (κ1) is 19.5. The van der Waals surface area contributed by atoms with E-state index >= 15 is 0 Å². The lowest BCUT2D eigenvalue weighted by Gasteiger charge is -2.35. The number of carbonyl (C=O) groups excluding carboxylic acids is 2. The Bertz CT molecular complexity index is 1070. The summed E-state index contributed by atoms with van der Waals surface area (Å²) in [7, 11) is 1.59. The normalized spacial score (nSPS) is 15.0. The van der Waals surface area contributed by atoms with Gasteiger partial charge in [-0.05, 0) is 41.0 Å². The van der Waals surface area contributed by atoms with Crippen LogP contribution < -0.4 is 9.64 Å². The largest absolute Gasteiger partial charge is 0.497 e. The summed E-state index contributed by atoms with van der Waals surface area (Å²) in [6, 6.07) is 23.7. The Hall–Kier alpha value is -3.86. The maximum absolute atomic E-state index is 13.2. The van der Waals surface area contributed by atoms with Crippen LogP contribution in [-0.2, 0) is 16.1 Å². The van der Waals surface area contributed by atoms with Gasteiger partial charge in [-0.2, -0.15) is 0 Å². The molecular formula is C25H21NO4. The standard InChI is InChI=1S/C25H21NO4/c1-29-22-13-11-19(12-14-22)24-21(16-27)15-20-9-5-6-10-23(20)26(24)25(28)30-17-18-7-3-2-4-8-18/h2-16,24H,17H2,1H3/t24-/m1/s1. The van der Waals surface area contributed by atoms with Crippen LogP contribution in [-0.4, -0.2) is 19.5 Å². The van der Waals surface area contributed by atoms with Gasteiger partial charge in [0.1, 0.15) is 18.6 Å². The van der Waals surface area contributed by atoms with E-state index in [0.29, 0.717) is 17.0 Å². The number of fused-ring (bicyclic) bond motifs is 1. The molecule has 1 aliphatic heterocycles. The minimum absolute atomic E-state index is 0.147. The summed E-state index contributed by atoms with van der Waals surface area (Å²) in [5.41, 5.74) is 3.65. The summed E-state index contributed by atoms with van der Waals surface area (Å²) in [5, 5.41) is 0. The minimum atomic E-state index is -0.591. The van der Waals surface area contributed by atoms with Crippen molar-refractivity contribution < 1.29 is 19.1 Å². The zero-order chi connectivity index (χ0) is 20.9. The predicted molar refractivity (Wildman–Crippen MR) is 115 cm³/mol. The highest BCUT2D eigenvalue weighted by atomic mass is 16.6. The molecule has 0 N–H and O–H groups in total. The molecule has 0 fully saturated rings. The molecule has 3 aromatic carbocycles. The number of para-hydroxylation sites is 1. The summed E-state index contributed by atoms with van der Waals surface area (Å²) < 4.78 is 10.9. The summed E-state index contributed by atoms with van der Waals surface area (Å²) >= 11 is 0. The number of anilines is 1. The maximum Gasteiger partial charge on any atom is 0.415 e. The van der Waals surface area contributed by atoms with Crippen LogP contribution in [0.4, 0.5) is 10.5 Å². The molecule has 0 unspecified atom stereocenters. The van der Waals surface area contributed by atoms with Gasteiger partial charge in [-0.25, -0.2) is 4.79 Å². The van der Waals surface area contributed by atoms with Gasteiger partial charge in [-0.1, -0.05) is 60.7 Å². The number of aldehydes is 1. The molecule has 0 saturated heterocycles. The monoisotopic (exact) mass is 399 g/mol. The van der Waals surface area contributed by atoms with Gasteiger partial charge in [0.05, 0.1) is 18.8 Å². The van der Waals surface area contributed by atoms with Gasteiger partial charge in [0.2, 0.25) is 0 Å². The van der Waals surface area contributed by atoms with E-state index in [2.05, 4.69) is 0 Å². The van der Waals surface area contributed by atoms with Crippen LogP contribution in [0.2, 0.25) is 0 Å². The number of hydrogen-bond donors (Lipinski definition) is 0. The lowest BCUT2D eigenvalue weighted by atomic mass is 9.91. The van der Waals surface area contributed by atoms with E-state index in [9.17, 15) is 9.59 Å². The fourth-order valence-electron chi connectivity index (χ4n) is 3.59. The molecule has 1 aliphatic rings. The third-order valence-corrected chi connectivity index (χ3v) is 5.06. The van der Waals surface area contributed by atoms with E-state index in [1.54, 1.807) is 12.0 Å². The number of amides is 1. The van der Waals surface area contributed by atoms with Crippen molar-refractivity contribution >= 4 is 24.1 Å². The van der Waals surface area contributed by atoms with Crippen LogP contribution in [0.3, 0.4) is 0 Å². The van der Waals surface area contributed by atoms with Gasteiger partial charge in [0, 0.05) is 5.57 Å². The molecule has 150 valence electrons. The molecule has 1 heterocycles. The van der Waals surface area contributed by atoms with Gasteiger partial charge in [0.15, 0.2) is 0 Å². The molecule has 0 bridgehead atoms. The van der Waals surface area contributed by atoms with E-state index in [1.807, 2.05) is 84.9 Å². The lowest BCUT2D eigenvalue weighted by molar-refractivity contribution is -0.105. The molecule has 30 heavy (non-hydrogen) atoms. The molecule has 3 aromatic rings. The maximum atomic E-state index is 13.2. The molecule has 1 atom stereocenters. The van der Waals surface area contributed by atoms with E-state index in [4.69, 9.17) is 9.47 Å². The molecule has 0 saturated carbocycles. The third-order valence-electron chi connectivity index (χ3n) is 5.06. The number of hydrogen-bond acceptors (Lipinski definition) is 4. The Kier molecular flexibility index (Phi) is 5.61. The van der Waals surface area contributed by atoms with Crippen molar-refractivity contribution in [2.75, 3.05) is 12.0 Å².